The van der Waals surface area contributed by atoms with Gasteiger partial charge in [-0.3, -0.25) is 0 Å². The number of hydrogen-bond donors (Lipinski definition) is 0. The third-order valence-electron chi connectivity index (χ3n) is 6.25. The first-order valence-electron chi connectivity index (χ1n) is 12.3. The van der Waals surface area contributed by atoms with Crippen molar-refractivity contribution in [2.75, 3.05) is 28.4 Å². The Bertz CT molecular complexity index is 1330. The molecule has 0 radical (unpaired) electrons. The second-order valence-corrected chi connectivity index (χ2v) is 8.80. The molecule has 0 spiro atoms. The van der Waals surface area contributed by atoms with Crippen LogP contribution in [0.4, 0.5) is 0 Å². The Morgan fingerprint density at radius 3 is 1.21 bits per heavy atom. The van der Waals surface area contributed by atoms with E-state index in [4.69, 9.17) is 23.7 Å². The third-order valence-corrected chi connectivity index (χ3v) is 6.25. The van der Waals surface area contributed by atoms with Crippen molar-refractivity contribution in [3.05, 3.63) is 118 Å². The molecule has 0 unspecified atom stereocenters. The molecule has 4 aromatic carbocycles. The molecule has 39 heavy (non-hydrogen) atoms. The summed E-state index contributed by atoms with van der Waals surface area (Å²) < 4.78 is 26.6. The predicted molar refractivity (Wildman–Crippen MR) is 147 cm³/mol. The summed E-state index contributed by atoms with van der Waals surface area (Å²) in [6.45, 7) is 0. The van der Waals surface area contributed by atoms with Crippen molar-refractivity contribution in [2.45, 2.75) is 12.8 Å². The number of esters is 2. The Morgan fingerprint density at radius 2 is 0.872 bits per heavy atom. The molecule has 0 heterocycles. The van der Waals surface area contributed by atoms with Gasteiger partial charge in [-0.05, 0) is 83.6 Å². The number of ether oxygens (including phenoxy) is 5. The predicted octanol–water partition coefficient (Wildman–Crippen LogP) is 6.25. The van der Waals surface area contributed by atoms with Crippen LogP contribution in [0.3, 0.4) is 0 Å². The fraction of sp³-hybridized carbons (Fsp3) is 0.188. The molecule has 0 saturated carbocycles. The van der Waals surface area contributed by atoms with Crippen molar-refractivity contribution in [1.82, 2.24) is 0 Å². The first kappa shape index (κ1) is 27.3. The van der Waals surface area contributed by atoms with Crippen LogP contribution in [0.15, 0.2) is 84.9 Å². The van der Waals surface area contributed by atoms with Gasteiger partial charge in [-0.15, -0.1) is 0 Å². The van der Waals surface area contributed by atoms with Gasteiger partial charge in [0.25, 0.3) is 0 Å². The van der Waals surface area contributed by atoms with E-state index in [9.17, 15) is 9.59 Å². The van der Waals surface area contributed by atoms with Crippen LogP contribution in [0.2, 0.25) is 0 Å². The van der Waals surface area contributed by atoms with Crippen molar-refractivity contribution in [3.8, 4) is 23.0 Å². The maximum atomic E-state index is 12.7. The van der Waals surface area contributed by atoms with Gasteiger partial charge < -0.3 is 23.7 Å². The fourth-order valence-corrected chi connectivity index (χ4v) is 4.17. The molecule has 0 amide bonds. The fourth-order valence-electron chi connectivity index (χ4n) is 4.17. The first-order valence-corrected chi connectivity index (χ1v) is 12.3. The summed E-state index contributed by atoms with van der Waals surface area (Å²) in [7, 11) is 5.87. The smallest absolute Gasteiger partial charge is 0.341 e. The van der Waals surface area contributed by atoms with E-state index in [0.29, 0.717) is 12.8 Å². The van der Waals surface area contributed by atoms with Gasteiger partial charge in [0.1, 0.15) is 34.1 Å². The number of carbonyl (C=O) groups excluding carboxylic acids is 2. The summed E-state index contributed by atoms with van der Waals surface area (Å²) in [5, 5.41) is 0. The van der Waals surface area contributed by atoms with E-state index >= 15 is 0 Å². The second kappa shape index (κ2) is 12.6. The number of carbonyl (C=O) groups is 2. The lowest BCUT2D eigenvalue weighted by molar-refractivity contribution is 0.0593. The molecule has 7 nitrogen and oxygen atoms in total. The number of hydrogen-bond acceptors (Lipinski definition) is 7. The maximum Gasteiger partial charge on any atom is 0.341 e. The van der Waals surface area contributed by atoms with Gasteiger partial charge in [-0.25, -0.2) is 9.59 Å². The van der Waals surface area contributed by atoms with Gasteiger partial charge >= 0.3 is 11.9 Å². The summed E-state index contributed by atoms with van der Waals surface area (Å²) in [6.07, 6.45) is 1.20. The van der Waals surface area contributed by atoms with Gasteiger partial charge in [0.15, 0.2) is 0 Å². The Morgan fingerprint density at radius 1 is 0.513 bits per heavy atom. The lowest BCUT2D eigenvalue weighted by Crippen LogP contribution is -2.08. The minimum absolute atomic E-state index is 0.252. The van der Waals surface area contributed by atoms with Gasteiger partial charge in [0.2, 0.25) is 0 Å². The minimum Gasteiger partial charge on any atom is -0.497 e. The van der Waals surface area contributed by atoms with Crippen LogP contribution >= 0.6 is 0 Å². The van der Waals surface area contributed by atoms with Gasteiger partial charge in [-0.1, -0.05) is 36.4 Å². The van der Waals surface area contributed by atoms with E-state index in [2.05, 4.69) is 0 Å². The monoisotopic (exact) mass is 526 g/mol. The van der Waals surface area contributed by atoms with Crippen LogP contribution in [-0.2, 0) is 22.3 Å². The molecule has 0 aliphatic carbocycles. The largest absolute Gasteiger partial charge is 0.497 e. The normalized spacial score (nSPS) is 10.5. The van der Waals surface area contributed by atoms with Crippen LogP contribution in [0.1, 0.15) is 43.0 Å². The Kier molecular flexibility index (Phi) is 8.84. The average Bonchev–Trinajstić information content (AvgIpc) is 2.98. The zero-order chi connectivity index (χ0) is 27.8. The molecule has 0 saturated heterocycles. The van der Waals surface area contributed by atoms with Crippen molar-refractivity contribution < 1.29 is 33.3 Å². The van der Waals surface area contributed by atoms with Crippen molar-refractivity contribution >= 4 is 11.9 Å². The Balaban J connectivity index is 1.62. The van der Waals surface area contributed by atoms with Gasteiger partial charge in [-0.2, -0.15) is 0 Å². The average molecular weight is 527 g/mol. The second-order valence-electron chi connectivity index (χ2n) is 8.80. The molecule has 7 heteroatoms. The molecule has 4 aromatic rings. The highest BCUT2D eigenvalue weighted by atomic mass is 16.5. The van der Waals surface area contributed by atoms with Crippen LogP contribution in [-0.4, -0.2) is 40.4 Å². The van der Waals surface area contributed by atoms with Crippen LogP contribution in [0, 0.1) is 0 Å². The zero-order valence-corrected chi connectivity index (χ0v) is 22.4. The SMILES string of the molecule is COC(=O)c1cc(Cc2ccc(OC)cc2)ccc1Oc1ccc(Cc2ccc(OC)cc2)cc1C(=O)OC. The Labute approximate surface area is 227 Å². The topological polar surface area (TPSA) is 80.3 Å². The quantitative estimate of drug-likeness (QED) is 0.226. The van der Waals surface area contributed by atoms with E-state index in [1.807, 2.05) is 60.7 Å². The molecule has 0 fully saturated rings. The van der Waals surface area contributed by atoms with Crippen LogP contribution < -0.4 is 14.2 Å². The number of rotatable bonds is 10. The molecular formula is C32H30O7. The van der Waals surface area contributed by atoms with Crippen LogP contribution in [0.5, 0.6) is 23.0 Å². The highest BCUT2D eigenvalue weighted by Gasteiger charge is 2.20. The molecule has 4 rings (SSSR count). The van der Waals surface area contributed by atoms with E-state index in [1.54, 1.807) is 38.5 Å². The molecule has 0 N–H and O–H groups in total. The highest BCUT2D eigenvalue weighted by molar-refractivity contribution is 5.94. The standard InChI is InChI=1S/C32H30O7/c1-35-25-11-5-21(6-12-25)17-23-9-15-29(27(19-23)31(33)37-3)39-30-16-10-24(20-28(30)32(34)38-4)18-22-7-13-26(36-2)14-8-22/h5-16,19-20H,17-18H2,1-4H3. The van der Waals surface area contributed by atoms with Crippen molar-refractivity contribution in [2.24, 2.45) is 0 Å². The minimum atomic E-state index is -0.544. The Hall–Kier alpha value is -4.78. The van der Waals surface area contributed by atoms with E-state index in [0.717, 1.165) is 33.8 Å². The number of methoxy groups -OCH3 is 4. The lowest BCUT2D eigenvalue weighted by Gasteiger charge is -2.15. The van der Waals surface area contributed by atoms with Crippen molar-refractivity contribution in [3.63, 3.8) is 0 Å². The molecule has 0 aromatic heterocycles. The molecule has 0 aliphatic heterocycles. The van der Waals surface area contributed by atoms with E-state index in [-0.39, 0.29) is 22.6 Å². The summed E-state index contributed by atoms with van der Waals surface area (Å²) in [4.78, 5) is 25.3. The van der Waals surface area contributed by atoms with Gasteiger partial charge in [0.05, 0.1) is 28.4 Å². The van der Waals surface area contributed by atoms with Crippen molar-refractivity contribution in [1.29, 1.82) is 0 Å². The van der Waals surface area contributed by atoms with E-state index < -0.39 is 11.9 Å². The zero-order valence-electron chi connectivity index (χ0n) is 22.4. The molecule has 0 atom stereocenters. The summed E-state index contributed by atoms with van der Waals surface area (Å²) >= 11 is 0. The summed E-state index contributed by atoms with van der Waals surface area (Å²) in [5.41, 5.74) is 4.41. The molecule has 0 bridgehead atoms. The third kappa shape index (κ3) is 6.76. The van der Waals surface area contributed by atoms with Gasteiger partial charge in [0, 0.05) is 0 Å². The summed E-state index contributed by atoms with van der Waals surface area (Å²) in [5.74, 6) is 1.000. The maximum absolute atomic E-state index is 12.7. The lowest BCUT2D eigenvalue weighted by atomic mass is 10.0. The number of benzene rings is 4. The molecule has 200 valence electrons. The molecule has 0 aliphatic rings. The highest BCUT2D eigenvalue weighted by Crippen LogP contribution is 2.32. The summed E-state index contributed by atoms with van der Waals surface area (Å²) in [6, 6.07) is 26.1. The van der Waals surface area contributed by atoms with Crippen LogP contribution in [0.25, 0.3) is 0 Å². The first-order chi connectivity index (χ1) is 18.9. The van der Waals surface area contributed by atoms with E-state index in [1.165, 1.54) is 14.2 Å². The molecular weight excluding hydrogens is 496 g/mol.